The van der Waals surface area contributed by atoms with Crippen LogP contribution in [-0.2, 0) is 6.42 Å². The van der Waals surface area contributed by atoms with E-state index in [2.05, 4.69) is 16.0 Å². The second-order valence-electron chi connectivity index (χ2n) is 3.97. The molecule has 2 aromatic heterocycles. The number of para-hydroxylation sites is 1. The van der Waals surface area contributed by atoms with Crippen molar-refractivity contribution in [2.75, 3.05) is 0 Å². The third-order valence-corrected chi connectivity index (χ3v) is 3.04. The van der Waals surface area contributed by atoms with E-state index in [0.717, 1.165) is 40.0 Å². The molecule has 3 nitrogen and oxygen atoms in total. The lowest BCUT2D eigenvalue weighted by molar-refractivity contribution is 0.568. The van der Waals surface area contributed by atoms with Crippen LogP contribution < -0.4 is 0 Å². The van der Waals surface area contributed by atoms with Gasteiger partial charge in [0.05, 0.1) is 11.3 Å². The molecule has 0 N–H and O–H groups in total. The standard InChI is InChI=1S/C13H8N2O/c1-2-4-10-9(3-1)12-11(16-10)5-8-6-14-7-15-13(8)12/h1-4,6-7H,5H2. The van der Waals surface area contributed by atoms with E-state index in [9.17, 15) is 0 Å². The van der Waals surface area contributed by atoms with Crippen LogP contribution in [0, 0.1) is 0 Å². The van der Waals surface area contributed by atoms with Crippen LogP contribution in [0.5, 0.6) is 0 Å². The molecule has 0 saturated carbocycles. The van der Waals surface area contributed by atoms with E-state index < -0.39 is 0 Å². The Morgan fingerprint density at radius 1 is 1.19 bits per heavy atom. The van der Waals surface area contributed by atoms with Crippen LogP contribution in [0.3, 0.4) is 0 Å². The molecular formula is C13H8N2O. The molecule has 1 aromatic carbocycles. The van der Waals surface area contributed by atoms with Crippen molar-refractivity contribution in [1.29, 1.82) is 0 Å². The Bertz CT molecular complexity index is 700. The molecule has 0 spiro atoms. The average molecular weight is 208 g/mol. The Labute approximate surface area is 91.8 Å². The summed E-state index contributed by atoms with van der Waals surface area (Å²) in [5.74, 6) is 1.01. The van der Waals surface area contributed by atoms with Gasteiger partial charge in [-0.15, -0.1) is 0 Å². The number of rotatable bonds is 0. The van der Waals surface area contributed by atoms with E-state index in [1.165, 1.54) is 0 Å². The van der Waals surface area contributed by atoms with Crippen molar-refractivity contribution in [2.24, 2.45) is 0 Å². The van der Waals surface area contributed by atoms with E-state index in [1.807, 2.05) is 24.4 Å². The molecule has 0 aliphatic heterocycles. The van der Waals surface area contributed by atoms with Crippen molar-refractivity contribution in [3.05, 3.63) is 48.1 Å². The molecule has 2 heterocycles. The van der Waals surface area contributed by atoms with Gasteiger partial charge in [-0.05, 0) is 6.07 Å². The summed E-state index contributed by atoms with van der Waals surface area (Å²) in [6.07, 6.45) is 4.27. The SMILES string of the molecule is c1ccc2c3c(oc2c1)Cc1cncnc1-3. The Morgan fingerprint density at radius 2 is 2.12 bits per heavy atom. The zero-order valence-corrected chi connectivity index (χ0v) is 8.47. The Hall–Kier alpha value is -2.16. The predicted molar refractivity (Wildman–Crippen MR) is 60.0 cm³/mol. The van der Waals surface area contributed by atoms with Crippen molar-refractivity contribution in [3.8, 4) is 11.3 Å². The summed E-state index contributed by atoms with van der Waals surface area (Å²) in [6, 6.07) is 8.09. The normalized spacial score (nSPS) is 12.8. The van der Waals surface area contributed by atoms with Crippen molar-refractivity contribution in [2.45, 2.75) is 6.42 Å². The van der Waals surface area contributed by atoms with Gasteiger partial charge in [0, 0.05) is 23.6 Å². The molecule has 1 aliphatic carbocycles. The molecule has 3 aromatic rings. The van der Waals surface area contributed by atoms with Crippen LogP contribution in [0.4, 0.5) is 0 Å². The molecular weight excluding hydrogens is 200 g/mol. The van der Waals surface area contributed by atoms with Gasteiger partial charge in [-0.3, -0.25) is 0 Å². The number of hydrogen-bond acceptors (Lipinski definition) is 3. The van der Waals surface area contributed by atoms with E-state index in [1.54, 1.807) is 6.33 Å². The Balaban J connectivity index is 2.15. The lowest BCUT2D eigenvalue weighted by Gasteiger charge is -1.96. The summed E-state index contributed by atoms with van der Waals surface area (Å²) in [5.41, 5.74) is 4.27. The highest BCUT2D eigenvalue weighted by atomic mass is 16.3. The van der Waals surface area contributed by atoms with E-state index in [4.69, 9.17) is 4.42 Å². The van der Waals surface area contributed by atoms with Crippen LogP contribution in [0.2, 0.25) is 0 Å². The number of benzene rings is 1. The summed E-state index contributed by atoms with van der Waals surface area (Å²) in [5, 5.41) is 1.15. The Morgan fingerprint density at radius 3 is 3.12 bits per heavy atom. The van der Waals surface area contributed by atoms with Gasteiger partial charge in [0.2, 0.25) is 0 Å². The molecule has 76 valence electrons. The molecule has 0 amide bonds. The minimum absolute atomic E-state index is 0.806. The molecule has 0 saturated heterocycles. The smallest absolute Gasteiger partial charge is 0.135 e. The number of furan rings is 1. The van der Waals surface area contributed by atoms with Crippen molar-refractivity contribution in [3.63, 3.8) is 0 Å². The van der Waals surface area contributed by atoms with Gasteiger partial charge >= 0.3 is 0 Å². The predicted octanol–water partition coefficient (Wildman–Crippen LogP) is 2.79. The highest BCUT2D eigenvalue weighted by molar-refractivity contribution is 5.97. The third-order valence-electron chi connectivity index (χ3n) is 3.04. The molecule has 0 atom stereocenters. The first-order valence-corrected chi connectivity index (χ1v) is 5.23. The van der Waals surface area contributed by atoms with Crippen LogP contribution in [-0.4, -0.2) is 9.97 Å². The van der Waals surface area contributed by atoms with E-state index in [-0.39, 0.29) is 0 Å². The summed E-state index contributed by atoms with van der Waals surface area (Å²) >= 11 is 0. The minimum Gasteiger partial charge on any atom is -0.460 e. The fourth-order valence-corrected chi connectivity index (χ4v) is 2.37. The van der Waals surface area contributed by atoms with Gasteiger partial charge in [0.1, 0.15) is 17.7 Å². The first-order valence-electron chi connectivity index (χ1n) is 5.23. The maximum absolute atomic E-state index is 5.83. The zero-order chi connectivity index (χ0) is 10.5. The van der Waals surface area contributed by atoms with Gasteiger partial charge in [0.15, 0.2) is 0 Å². The fourth-order valence-electron chi connectivity index (χ4n) is 2.37. The topological polar surface area (TPSA) is 38.9 Å². The summed E-state index contributed by atoms with van der Waals surface area (Å²) in [4.78, 5) is 8.40. The summed E-state index contributed by atoms with van der Waals surface area (Å²) in [7, 11) is 0. The minimum atomic E-state index is 0.806. The number of aromatic nitrogens is 2. The molecule has 3 heteroatoms. The summed E-state index contributed by atoms with van der Waals surface area (Å²) in [6.45, 7) is 0. The first kappa shape index (κ1) is 8.05. The maximum atomic E-state index is 5.83. The summed E-state index contributed by atoms with van der Waals surface area (Å²) < 4.78 is 5.83. The maximum Gasteiger partial charge on any atom is 0.135 e. The molecule has 0 bridgehead atoms. The molecule has 0 unspecified atom stereocenters. The highest BCUT2D eigenvalue weighted by Gasteiger charge is 2.26. The molecule has 0 radical (unpaired) electrons. The van der Waals surface area contributed by atoms with Gasteiger partial charge < -0.3 is 4.42 Å². The van der Waals surface area contributed by atoms with Gasteiger partial charge in [-0.2, -0.15) is 0 Å². The fraction of sp³-hybridized carbons (Fsp3) is 0.0769. The van der Waals surface area contributed by atoms with E-state index >= 15 is 0 Å². The molecule has 1 aliphatic rings. The molecule has 16 heavy (non-hydrogen) atoms. The second-order valence-corrected chi connectivity index (χ2v) is 3.97. The number of hydrogen-bond donors (Lipinski definition) is 0. The monoisotopic (exact) mass is 208 g/mol. The number of fused-ring (bicyclic) bond motifs is 5. The van der Waals surface area contributed by atoms with Crippen LogP contribution in [0.25, 0.3) is 22.2 Å². The third kappa shape index (κ3) is 0.877. The lowest BCUT2D eigenvalue weighted by atomic mass is 10.1. The van der Waals surface area contributed by atoms with Crippen LogP contribution in [0.1, 0.15) is 11.3 Å². The molecule has 4 rings (SSSR count). The Kier molecular flexibility index (Phi) is 1.36. The van der Waals surface area contributed by atoms with Crippen LogP contribution >= 0.6 is 0 Å². The van der Waals surface area contributed by atoms with Crippen LogP contribution in [0.15, 0.2) is 41.2 Å². The first-order chi connectivity index (χ1) is 7.93. The second kappa shape index (κ2) is 2.70. The highest BCUT2D eigenvalue weighted by Crippen LogP contribution is 2.41. The average Bonchev–Trinajstić information content (AvgIpc) is 2.83. The quantitative estimate of drug-likeness (QED) is 0.446. The lowest BCUT2D eigenvalue weighted by Crippen LogP contribution is -1.86. The van der Waals surface area contributed by atoms with E-state index in [0.29, 0.717) is 0 Å². The van der Waals surface area contributed by atoms with Crippen molar-refractivity contribution < 1.29 is 4.42 Å². The largest absolute Gasteiger partial charge is 0.460 e. The zero-order valence-electron chi connectivity index (χ0n) is 8.47. The van der Waals surface area contributed by atoms with Gasteiger partial charge in [-0.25, -0.2) is 9.97 Å². The van der Waals surface area contributed by atoms with Crippen molar-refractivity contribution >= 4 is 11.0 Å². The van der Waals surface area contributed by atoms with Gasteiger partial charge in [-0.1, -0.05) is 18.2 Å². The van der Waals surface area contributed by atoms with Crippen molar-refractivity contribution in [1.82, 2.24) is 9.97 Å². The number of nitrogens with zero attached hydrogens (tertiary/aromatic N) is 2. The molecule has 0 fully saturated rings. The van der Waals surface area contributed by atoms with Gasteiger partial charge in [0.25, 0.3) is 0 Å².